The maximum Gasteiger partial charge on any atom is 0.252 e. The Morgan fingerprint density at radius 1 is 1.07 bits per heavy atom. The molecule has 4 heterocycles. The third-order valence-electron chi connectivity index (χ3n) is 4.54. The zero-order valence-corrected chi connectivity index (χ0v) is 15.3. The molecule has 0 spiro atoms. The van der Waals surface area contributed by atoms with E-state index in [9.17, 15) is 4.79 Å². The Balaban J connectivity index is 1.47. The van der Waals surface area contributed by atoms with Gasteiger partial charge >= 0.3 is 0 Å². The molecule has 0 saturated heterocycles. The number of fused-ring (bicyclic) bond motifs is 1. The lowest BCUT2D eigenvalue weighted by atomic mass is 10.3. The van der Waals surface area contributed by atoms with Crippen LogP contribution < -0.4 is 10.9 Å². The third-order valence-corrected chi connectivity index (χ3v) is 4.54. The fourth-order valence-electron chi connectivity index (χ4n) is 3.10. The van der Waals surface area contributed by atoms with Gasteiger partial charge in [0.1, 0.15) is 5.65 Å². The summed E-state index contributed by atoms with van der Waals surface area (Å²) < 4.78 is 8.50. The molecule has 0 aliphatic carbocycles. The number of furan rings is 1. The number of hydrogen-bond acceptors (Lipinski definition) is 6. The maximum absolute atomic E-state index is 12.4. The molecule has 4 aromatic heterocycles. The van der Waals surface area contributed by atoms with Crippen LogP contribution in [0.1, 0.15) is 5.56 Å². The van der Waals surface area contributed by atoms with Crippen LogP contribution in [0.2, 0.25) is 0 Å². The molecule has 0 unspecified atom stereocenters. The summed E-state index contributed by atoms with van der Waals surface area (Å²) in [4.78, 5) is 21.4. The number of nitrogens with zero attached hydrogens (tertiary/aromatic N) is 5. The van der Waals surface area contributed by atoms with Gasteiger partial charge in [-0.2, -0.15) is 10.1 Å². The van der Waals surface area contributed by atoms with Crippen LogP contribution >= 0.6 is 0 Å². The van der Waals surface area contributed by atoms with Crippen LogP contribution in [0.3, 0.4) is 0 Å². The molecular weight excluding hydrogens is 368 g/mol. The Labute approximate surface area is 165 Å². The smallest absolute Gasteiger partial charge is 0.252 e. The highest BCUT2D eigenvalue weighted by molar-refractivity contribution is 5.75. The minimum Gasteiger partial charge on any atom is -0.472 e. The average Bonchev–Trinajstić information content (AvgIpc) is 3.45. The fourth-order valence-corrected chi connectivity index (χ4v) is 3.10. The minimum absolute atomic E-state index is 0.132. The Morgan fingerprint density at radius 3 is 2.72 bits per heavy atom. The predicted octanol–water partition coefficient (Wildman–Crippen LogP) is 3.36. The average molecular weight is 384 g/mol. The molecule has 0 radical (unpaired) electrons. The van der Waals surface area contributed by atoms with E-state index in [0.29, 0.717) is 18.1 Å². The molecule has 5 aromatic rings. The van der Waals surface area contributed by atoms with Gasteiger partial charge < -0.3 is 9.73 Å². The number of nitrogens with one attached hydrogen (secondary N) is 1. The summed E-state index contributed by atoms with van der Waals surface area (Å²) in [5.41, 5.74) is 3.10. The fraction of sp³-hybridized carbons (Fsp3) is 0.0476. The summed E-state index contributed by atoms with van der Waals surface area (Å²) in [7, 11) is 0. The molecular formula is C21H16N6O2. The first kappa shape index (κ1) is 16.9. The summed E-state index contributed by atoms with van der Waals surface area (Å²) in [6, 6.07) is 14.7. The van der Waals surface area contributed by atoms with Crippen molar-refractivity contribution in [3.05, 3.63) is 95.6 Å². The zero-order valence-electron chi connectivity index (χ0n) is 15.3. The van der Waals surface area contributed by atoms with Gasteiger partial charge in [0.15, 0.2) is 0 Å². The first-order valence-corrected chi connectivity index (χ1v) is 9.01. The second kappa shape index (κ2) is 7.08. The summed E-state index contributed by atoms with van der Waals surface area (Å²) >= 11 is 0. The van der Waals surface area contributed by atoms with E-state index in [4.69, 9.17) is 4.42 Å². The van der Waals surface area contributed by atoms with E-state index in [1.165, 1.54) is 6.07 Å². The van der Waals surface area contributed by atoms with Crippen LogP contribution in [0.5, 0.6) is 0 Å². The number of aromatic nitrogens is 5. The van der Waals surface area contributed by atoms with Gasteiger partial charge in [0.25, 0.3) is 5.56 Å². The van der Waals surface area contributed by atoms with Gasteiger partial charge in [0.2, 0.25) is 5.95 Å². The maximum atomic E-state index is 12.4. The topological polar surface area (TPSA) is 90.8 Å². The molecule has 142 valence electrons. The van der Waals surface area contributed by atoms with Crippen molar-refractivity contribution in [3.63, 3.8) is 0 Å². The molecule has 8 nitrogen and oxygen atoms in total. The van der Waals surface area contributed by atoms with Gasteiger partial charge in [0, 0.05) is 41.3 Å². The normalized spacial score (nSPS) is 11.0. The van der Waals surface area contributed by atoms with E-state index in [0.717, 1.165) is 22.3 Å². The molecule has 1 N–H and O–H groups in total. The SMILES string of the molecule is O=c1ccc2cnc(Nc3ccc(-n4cccn4)cc3)nc2n1Cc1ccoc1. The summed E-state index contributed by atoms with van der Waals surface area (Å²) in [5.74, 6) is 0.413. The van der Waals surface area contributed by atoms with Crippen molar-refractivity contribution < 1.29 is 4.42 Å². The molecule has 0 aliphatic heterocycles. The lowest BCUT2D eigenvalue weighted by Crippen LogP contribution is -2.21. The molecule has 0 fully saturated rings. The van der Waals surface area contributed by atoms with E-state index in [1.54, 1.807) is 40.2 Å². The summed E-state index contributed by atoms with van der Waals surface area (Å²) in [6.07, 6.45) is 8.52. The van der Waals surface area contributed by atoms with Crippen LogP contribution in [-0.2, 0) is 6.54 Å². The standard InChI is InChI=1S/C21H16N6O2/c28-19-7-2-16-12-22-21(25-20(16)26(19)13-15-8-11-29-14-15)24-17-3-5-18(6-4-17)27-10-1-9-23-27/h1-12,14H,13H2,(H,22,24,25). The Hall–Kier alpha value is -4.20. The highest BCUT2D eigenvalue weighted by atomic mass is 16.3. The van der Waals surface area contributed by atoms with E-state index in [2.05, 4.69) is 20.4 Å². The van der Waals surface area contributed by atoms with Gasteiger partial charge in [-0.15, -0.1) is 0 Å². The van der Waals surface area contributed by atoms with Crippen molar-refractivity contribution in [1.29, 1.82) is 0 Å². The van der Waals surface area contributed by atoms with Crippen molar-refractivity contribution in [2.24, 2.45) is 0 Å². The van der Waals surface area contributed by atoms with Crippen LogP contribution in [0.25, 0.3) is 16.7 Å². The second-order valence-corrected chi connectivity index (χ2v) is 6.48. The van der Waals surface area contributed by atoms with Gasteiger partial charge in [-0.05, 0) is 42.5 Å². The van der Waals surface area contributed by atoms with Gasteiger partial charge in [-0.1, -0.05) is 0 Å². The molecule has 5 rings (SSSR count). The van der Waals surface area contributed by atoms with Crippen LogP contribution in [0.4, 0.5) is 11.6 Å². The number of hydrogen-bond donors (Lipinski definition) is 1. The van der Waals surface area contributed by atoms with Crippen LogP contribution in [0.15, 0.2) is 88.9 Å². The molecule has 0 aliphatic rings. The third kappa shape index (κ3) is 3.39. The van der Waals surface area contributed by atoms with Gasteiger partial charge in [-0.3, -0.25) is 9.36 Å². The monoisotopic (exact) mass is 384 g/mol. The number of pyridine rings is 1. The van der Waals surface area contributed by atoms with Crippen molar-refractivity contribution in [1.82, 2.24) is 24.3 Å². The number of benzene rings is 1. The lowest BCUT2D eigenvalue weighted by molar-refractivity contribution is 0.562. The van der Waals surface area contributed by atoms with Gasteiger partial charge in [0.05, 0.1) is 24.8 Å². The van der Waals surface area contributed by atoms with Crippen molar-refractivity contribution in [2.45, 2.75) is 6.54 Å². The van der Waals surface area contributed by atoms with Crippen LogP contribution in [0, 0.1) is 0 Å². The summed E-state index contributed by atoms with van der Waals surface area (Å²) in [6.45, 7) is 0.377. The predicted molar refractivity (Wildman–Crippen MR) is 108 cm³/mol. The van der Waals surface area contributed by atoms with E-state index in [1.807, 2.05) is 42.6 Å². The van der Waals surface area contributed by atoms with E-state index >= 15 is 0 Å². The number of anilines is 2. The van der Waals surface area contributed by atoms with Crippen molar-refractivity contribution in [3.8, 4) is 5.69 Å². The Kier molecular flexibility index (Phi) is 4.14. The first-order chi connectivity index (χ1) is 14.3. The largest absolute Gasteiger partial charge is 0.472 e. The lowest BCUT2D eigenvalue weighted by Gasteiger charge is -2.10. The molecule has 8 heteroatoms. The van der Waals surface area contributed by atoms with E-state index in [-0.39, 0.29) is 5.56 Å². The molecule has 0 amide bonds. The highest BCUT2D eigenvalue weighted by Gasteiger charge is 2.09. The molecule has 0 atom stereocenters. The Bertz CT molecular complexity index is 1310. The van der Waals surface area contributed by atoms with Crippen LogP contribution in [-0.4, -0.2) is 24.3 Å². The van der Waals surface area contributed by atoms with Crippen molar-refractivity contribution in [2.75, 3.05) is 5.32 Å². The molecule has 0 saturated carbocycles. The highest BCUT2D eigenvalue weighted by Crippen LogP contribution is 2.18. The molecule has 29 heavy (non-hydrogen) atoms. The summed E-state index contributed by atoms with van der Waals surface area (Å²) in [5, 5.41) is 8.19. The first-order valence-electron chi connectivity index (χ1n) is 9.01. The minimum atomic E-state index is -0.132. The molecule has 1 aromatic carbocycles. The second-order valence-electron chi connectivity index (χ2n) is 6.48. The van der Waals surface area contributed by atoms with Gasteiger partial charge in [-0.25, -0.2) is 9.67 Å². The van der Waals surface area contributed by atoms with Crippen molar-refractivity contribution >= 4 is 22.7 Å². The Morgan fingerprint density at radius 2 is 1.97 bits per heavy atom. The van der Waals surface area contributed by atoms with E-state index < -0.39 is 0 Å². The molecule has 0 bridgehead atoms. The quantitative estimate of drug-likeness (QED) is 0.500. The number of rotatable bonds is 5. The zero-order chi connectivity index (χ0) is 19.6.